The Labute approximate surface area is 207 Å². The molecule has 2 saturated heterocycles. The summed E-state index contributed by atoms with van der Waals surface area (Å²) in [5.74, 6) is 0.837. The predicted molar refractivity (Wildman–Crippen MR) is 146 cm³/mol. The summed E-state index contributed by atoms with van der Waals surface area (Å²) >= 11 is 0. The first kappa shape index (κ1) is 25.1. The molecule has 0 saturated carbocycles. The van der Waals surface area contributed by atoms with Crippen LogP contribution in [0.3, 0.4) is 0 Å². The van der Waals surface area contributed by atoms with Gasteiger partial charge in [0.1, 0.15) is 0 Å². The van der Waals surface area contributed by atoms with Crippen molar-refractivity contribution in [2.24, 2.45) is 15.7 Å². The fourth-order valence-corrected chi connectivity index (χ4v) is 6.03. The fourth-order valence-electron chi connectivity index (χ4n) is 6.03. The van der Waals surface area contributed by atoms with Gasteiger partial charge in [-0.2, -0.15) is 0 Å². The Bertz CT molecular complexity index is 963. The molecular formula is C29H45N5. The van der Waals surface area contributed by atoms with E-state index in [1.807, 2.05) is 13.1 Å². The highest BCUT2D eigenvalue weighted by atomic mass is 15.3. The number of hydrogen-bond acceptors (Lipinski definition) is 3. The van der Waals surface area contributed by atoms with Crippen LogP contribution in [0, 0.1) is 0 Å². The molecule has 2 heterocycles. The van der Waals surface area contributed by atoms with Crippen LogP contribution in [-0.2, 0) is 10.8 Å². The zero-order valence-electron chi connectivity index (χ0n) is 22.3. The lowest BCUT2D eigenvalue weighted by Crippen LogP contribution is -2.46. The van der Waals surface area contributed by atoms with Gasteiger partial charge in [-0.1, -0.05) is 45.9 Å². The predicted octanol–water partition coefficient (Wildman–Crippen LogP) is 5.34. The molecule has 4 rings (SSSR count). The molecule has 1 aromatic carbocycles. The van der Waals surface area contributed by atoms with Crippen LogP contribution in [0.5, 0.6) is 0 Å². The van der Waals surface area contributed by atoms with Gasteiger partial charge in [-0.25, -0.2) is 9.98 Å². The molecule has 0 bridgehead atoms. The second-order valence-electron chi connectivity index (χ2n) is 11.8. The summed E-state index contributed by atoms with van der Waals surface area (Å²) in [5, 5.41) is 0. The van der Waals surface area contributed by atoms with Gasteiger partial charge in [0.25, 0.3) is 0 Å². The van der Waals surface area contributed by atoms with Gasteiger partial charge in [-0.3, -0.25) is 4.90 Å². The zero-order chi connectivity index (χ0) is 24.5. The molecule has 5 nitrogen and oxygen atoms in total. The van der Waals surface area contributed by atoms with E-state index >= 15 is 0 Å². The number of aliphatic imine (C=N–C) groups is 2. The molecule has 34 heavy (non-hydrogen) atoms. The quantitative estimate of drug-likeness (QED) is 0.486. The summed E-state index contributed by atoms with van der Waals surface area (Å²) in [4.78, 5) is 14.8. The maximum Gasteiger partial charge on any atom is 0.225 e. The molecule has 1 atom stereocenters. The highest BCUT2D eigenvalue weighted by Gasteiger charge is 2.37. The normalized spacial score (nSPS) is 26.3. The largest absolute Gasteiger partial charge is 0.341 e. The lowest BCUT2D eigenvalue weighted by Gasteiger charge is -2.42. The third-order valence-electron chi connectivity index (χ3n) is 8.41. The molecule has 2 aliphatic heterocycles. The molecule has 2 fully saturated rings. The molecule has 1 unspecified atom stereocenters. The smallest absolute Gasteiger partial charge is 0.225 e. The highest BCUT2D eigenvalue weighted by Crippen LogP contribution is 2.46. The summed E-state index contributed by atoms with van der Waals surface area (Å²) in [6.07, 6.45) is 9.88. The SMILES string of the molecule is C\C=N/C(=N\C(=C/C)c1ccc2c(c1)C(C)(C)CCC2(C)C)N1CCC(N2CCC(N)C2)CC1. The van der Waals surface area contributed by atoms with Crippen LogP contribution in [0.25, 0.3) is 5.70 Å². The molecule has 5 heteroatoms. The molecule has 1 aromatic rings. The van der Waals surface area contributed by atoms with Crippen molar-refractivity contribution in [2.75, 3.05) is 26.2 Å². The van der Waals surface area contributed by atoms with Crippen molar-refractivity contribution >= 4 is 17.9 Å². The van der Waals surface area contributed by atoms with Gasteiger partial charge in [-0.15, -0.1) is 0 Å². The van der Waals surface area contributed by atoms with Crippen molar-refractivity contribution < 1.29 is 0 Å². The molecule has 0 aromatic heterocycles. The van der Waals surface area contributed by atoms with Crippen LogP contribution in [0.15, 0.2) is 34.3 Å². The molecule has 0 amide bonds. The molecule has 1 aliphatic carbocycles. The third-order valence-corrected chi connectivity index (χ3v) is 8.41. The number of guanidine groups is 1. The number of likely N-dealkylation sites (tertiary alicyclic amines) is 2. The molecule has 2 N–H and O–H groups in total. The van der Waals surface area contributed by atoms with Gasteiger partial charge >= 0.3 is 0 Å². The Hall–Kier alpha value is -1.98. The average Bonchev–Trinajstić information content (AvgIpc) is 3.26. The summed E-state index contributed by atoms with van der Waals surface area (Å²) in [5.41, 5.74) is 11.7. The Morgan fingerprint density at radius 1 is 0.971 bits per heavy atom. The number of hydrogen-bond donors (Lipinski definition) is 1. The zero-order valence-corrected chi connectivity index (χ0v) is 22.3. The van der Waals surface area contributed by atoms with Gasteiger partial charge in [0, 0.05) is 50.0 Å². The van der Waals surface area contributed by atoms with Crippen molar-refractivity contribution in [3.05, 3.63) is 41.0 Å². The first-order chi connectivity index (χ1) is 16.1. The van der Waals surface area contributed by atoms with Crippen LogP contribution < -0.4 is 5.73 Å². The van der Waals surface area contributed by atoms with Crippen LogP contribution in [-0.4, -0.2) is 60.2 Å². The van der Waals surface area contributed by atoms with Gasteiger partial charge < -0.3 is 10.6 Å². The molecule has 3 aliphatic rings. The van der Waals surface area contributed by atoms with E-state index in [9.17, 15) is 0 Å². The average molecular weight is 464 g/mol. The van der Waals surface area contributed by atoms with Crippen molar-refractivity contribution in [1.29, 1.82) is 0 Å². The van der Waals surface area contributed by atoms with Crippen molar-refractivity contribution in [1.82, 2.24) is 9.80 Å². The van der Waals surface area contributed by atoms with E-state index in [1.54, 1.807) is 0 Å². The Morgan fingerprint density at radius 3 is 2.24 bits per heavy atom. The number of rotatable bonds is 3. The second kappa shape index (κ2) is 9.94. The maximum absolute atomic E-state index is 6.15. The van der Waals surface area contributed by atoms with Crippen molar-refractivity contribution in [3.8, 4) is 0 Å². The number of allylic oxidation sites excluding steroid dienone is 1. The van der Waals surface area contributed by atoms with E-state index in [1.165, 1.54) is 29.5 Å². The molecule has 186 valence electrons. The second-order valence-corrected chi connectivity index (χ2v) is 11.8. The van der Waals surface area contributed by atoms with Gasteiger partial charge in [0.15, 0.2) is 0 Å². The number of piperidine rings is 1. The van der Waals surface area contributed by atoms with E-state index in [0.717, 1.165) is 57.1 Å². The fraction of sp³-hybridized carbons (Fsp3) is 0.655. The van der Waals surface area contributed by atoms with Crippen molar-refractivity contribution in [2.45, 2.75) is 96.6 Å². The first-order valence-corrected chi connectivity index (χ1v) is 13.3. The Morgan fingerprint density at radius 2 is 1.65 bits per heavy atom. The third kappa shape index (κ3) is 5.16. The van der Waals surface area contributed by atoms with Crippen LogP contribution in [0.2, 0.25) is 0 Å². The molecule has 0 radical (unpaired) electrons. The van der Waals surface area contributed by atoms with E-state index in [0.29, 0.717) is 12.1 Å². The lowest BCUT2D eigenvalue weighted by molar-refractivity contribution is 0.161. The summed E-state index contributed by atoms with van der Waals surface area (Å²) in [6.45, 7) is 17.8. The van der Waals surface area contributed by atoms with E-state index in [2.05, 4.69) is 68.7 Å². The number of nitrogens with zero attached hydrogens (tertiary/aromatic N) is 4. The topological polar surface area (TPSA) is 57.2 Å². The van der Waals surface area contributed by atoms with Crippen LogP contribution in [0.1, 0.15) is 90.3 Å². The van der Waals surface area contributed by atoms with Crippen LogP contribution in [0.4, 0.5) is 0 Å². The van der Waals surface area contributed by atoms with Gasteiger partial charge in [0.05, 0.1) is 5.70 Å². The highest BCUT2D eigenvalue weighted by molar-refractivity contribution is 5.91. The minimum atomic E-state index is 0.188. The van der Waals surface area contributed by atoms with E-state index in [4.69, 9.17) is 15.7 Å². The molecular weight excluding hydrogens is 418 g/mol. The lowest BCUT2D eigenvalue weighted by atomic mass is 9.63. The summed E-state index contributed by atoms with van der Waals surface area (Å²) in [7, 11) is 0. The van der Waals surface area contributed by atoms with E-state index in [-0.39, 0.29) is 10.8 Å². The summed E-state index contributed by atoms with van der Waals surface area (Å²) < 4.78 is 0. The van der Waals surface area contributed by atoms with Crippen LogP contribution >= 0.6 is 0 Å². The first-order valence-electron chi connectivity index (χ1n) is 13.3. The Kier molecular flexibility index (Phi) is 7.35. The monoisotopic (exact) mass is 463 g/mol. The molecule has 0 spiro atoms. The van der Waals surface area contributed by atoms with E-state index < -0.39 is 0 Å². The maximum atomic E-state index is 6.15. The van der Waals surface area contributed by atoms with Gasteiger partial charge in [0.2, 0.25) is 5.96 Å². The standard InChI is InChI=1S/C29H45N5/c1-7-26(21-9-10-24-25(19-21)29(5,6)15-14-28(24,3)4)32-27(31-8-2)33-17-12-23(13-18-33)34-16-11-22(30)20-34/h7-10,19,22-23H,11-18,20,30H2,1-6H3/b26-7-,31-8-,32-27+. The number of fused-ring (bicyclic) bond motifs is 1. The van der Waals surface area contributed by atoms with Crippen molar-refractivity contribution in [3.63, 3.8) is 0 Å². The minimum Gasteiger partial charge on any atom is -0.341 e. The number of benzene rings is 1. The Balaban J connectivity index is 1.56. The van der Waals surface area contributed by atoms with Gasteiger partial charge in [-0.05, 0) is 74.0 Å². The minimum absolute atomic E-state index is 0.188. The summed E-state index contributed by atoms with van der Waals surface area (Å²) in [6, 6.07) is 8.00. The number of nitrogens with two attached hydrogens (primary N) is 1.